The maximum absolute atomic E-state index is 13.0. The predicted octanol–water partition coefficient (Wildman–Crippen LogP) is 5.51. The molecule has 0 unspecified atom stereocenters. The maximum Gasteiger partial charge on any atom is 0.494 e. The highest BCUT2D eigenvalue weighted by molar-refractivity contribution is 6.56. The van der Waals surface area contributed by atoms with E-state index < -0.39 is 30.4 Å². The molecule has 2 heterocycles. The van der Waals surface area contributed by atoms with E-state index in [4.69, 9.17) is 18.8 Å². The Hall–Kier alpha value is -2.94. The second kappa shape index (κ2) is 12.1. The molecule has 1 aromatic heterocycles. The van der Waals surface area contributed by atoms with Crippen LogP contribution in [-0.4, -0.2) is 47.6 Å². The molecule has 0 radical (unpaired) electrons. The molecule has 1 aliphatic rings. The predicted molar refractivity (Wildman–Crippen MR) is 144 cm³/mol. The number of aromatic nitrogens is 1. The fraction of sp³-hybridized carbons (Fsp3) is 0.448. The topological polar surface area (TPSA) is 87.1 Å². The van der Waals surface area contributed by atoms with Crippen molar-refractivity contribution >= 4 is 13.1 Å². The van der Waals surface area contributed by atoms with Gasteiger partial charge in [-0.3, -0.25) is 4.98 Å². The summed E-state index contributed by atoms with van der Waals surface area (Å²) in [5, 5.41) is 9.28. The van der Waals surface area contributed by atoms with E-state index in [1.54, 1.807) is 30.6 Å². The van der Waals surface area contributed by atoms with Crippen LogP contribution < -0.4 is 4.74 Å². The average molecular weight is 507 g/mol. The van der Waals surface area contributed by atoms with Crippen LogP contribution in [0.3, 0.4) is 0 Å². The van der Waals surface area contributed by atoms with Gasteiger partial charge in [-0.05, 0) is 57.3 Å². The van der Waals surface area contributed by atoms with Crippen LogP contribution >= 0.6 is 0 Å². The van der Waals surface area contributed by atoms with Gasteiger partial charge in [0.2, 0.25) is 0 Å². The minimum Gasteiger partial charge on any atom is -0.491 e. The lowest BCUT2D eigenvalue weighted by molar-refractivity contribution is 0.00578. The maximum atomic E-state index is 13.0. The zero-order valence-electron chi connectivity index (χ0n) is 22.7. The highest BCUT2D eigenvalue weighted by Gasteiger charge is 2.52. The van der Waals surface area contributed by atoms with E-state index in [0.717, 1.165) is 11.0 Å². The van der Waals surface area contributed by atoms with Gasteiger partial charge in [0.15, 0.2) is 0 Å². The number of pyridine rings is 1. The van der Waals surface area contributed by atoms with Crippen molar-refractivity contribution < 1.29 is 28.7 Å². The summed E-state index contributed by atoms with van der Waals surface area (Å²) in [6, 6.07) is 10.6. The van der Waals surface area contributed by atoms with Crippen LogP contribution in [0.25, 0.3) is 0 Å². The van der Waals surface area contributed by atoms with E-state index >= 15 is 0 Å². The van der Waals surface area contributed by atoms with E-state index in [1.807, 2.05) is 52.0 Å². The van der Waals surface area contributed by atoms with E-state index in [9.17, 15) is 9.90 Å². The van der Waals surface area contributed by atoms with Crippen molar-refractivity contribution in [1.82, 2.24) is 4.98 Å². The van der Waals surface area contributed by atoms with Crippen LogP contribution in [0.15, 0.2) is 72.5 Å². The lowest BCUT2D eigenvalue weighted by Crippen LogP contribution is -2.41. The number of aliphatic hydroxyl groups is 1. The summed E-state index contributed by atoms with van der Waals surface area (Å²) in [5.74, 6) is 0.221. The van der Waals surface area contributed by atoms with Crippen LogP contribution in [0.2, 0.25) is 0 Å². The Bertz CT molecular complexity index is 1100. The minimum atomic E-state index is -0.673. The quantitative estimate of drug-likeness (QED) is 0.244. The molecular weight excluding hydrogens is 469 g/mol. The van der Waals surface area contributed by atoms with E-state index in [1.165, 1.54) is 0 Å². The third kappa shape index (κ3) is 6.89. The minimum absolute atomic E-state index is 0.126. The summed E-state index contributed by atoms with van der Waals surface area (Å²) in [4.78, 5) is 17.0. The molecule has 8 heteroatoms. The first-order chi connectivity index (χ1) is 17.5. The molecule has 1 aromatic carbocycles. The fourth-order valence-electron chi connectivity index (χ4n) is 3.87. The zero-order valence-corrected chi connectivity index (χ0v) is 22.7. The van der Waals surface area contributed by atoms with Gasteiger partial charge in [-0.15, -0.1) is 0 Å². The second-order valence-corrected chi connectivity index (χ2v) is 10.4. The van der Waals surface area contributed by atoms with Crippen molar-refractivity contribution in [2.45, 2.75) is 65.3 Å². The van der Waals surface area contributed by atoms with Crippen molar-refractivity contribution in [2.75, 3.05) is 13.2 Å². The molecule has 3 rings (SSSR count). The Kier molecular flexibility index (Phi) is 9.34. The van der Waals surface area contributed by atoms with E-state index in [2.05, 4.69) is 25.4 Å². The van der Waals surface area contributed by atoms with Crippen molar-refractivity contribution in [2.24, 2.45) is 5.92 Å². The fourth-order valence-corrected chi connectivity index (χ4v) is 3.87. The number of ether oxygens (including phenoxy) is 2. The Morgan fingerprint density at radius 1 is 1.11 bits per heavy atom. The largest absolute Gasteiger partial charge is 0.494 e. The molecule has 0 aliphatic carbocycles. The van der Waals surface area contributed by atoms with Gasteiger partial charge >= 0.3 is 13.1 Å². The van der Waals surface area contributed by atoms with Gasteiger partial charge in [-0.2, -0.15) is 0 Å². The SMILES string of the molecule is C=C(/C(=C/C[C@@H](OC(=O)c1ccncc1)c1ccccc1OCCO)B1OC(C)(C)C(C)(C)O1)C(C)C. The Labute approximate surface area is 220 Å². The van der Waals surface area contributed by atoms with Gasteiger partial charge in [0.25, 0.3) is 0 Å². The highest BCUT2D eigenvalue weighted by atomic mass is 16.7. The summed E-state index contributed by atoms with van der Waals surface area (Å²) < 4.78 is 24.5. The molecule has 37 heavy (non-hydrogen) atoms. The van der Waals surface area contributed by atoms with Crippen LogP contribution in [0.4, 0.5) is 0 Å². The van der Waals surface area contributed by atoms with Gasteiger partial charge in [-0.25, -0.2) is 4.79 Å². The number of rotatable bonds is 11. The monoisotopic (exact) mass is 507 g/mol. The molecule has 0 amide bonds. The average Bonchev–Trinajstić information content (AvgIpc) is 3.08. The number of allylic oxidation sites excluding steroid dienone is 2. The Morgan fingerprint density at radius 2 is 1.73 bits per heavy atom. The molecule has 0 spiro atoms. The Morgan fingerprint density at radius 3 is 2.32 bits per heavy atom. The molecule has 1 saturated heterocycles. The first-order valence-electron chi connectivity index (χ1n) is 12.6. The van der Waals surface area contributed by atoms with Crippen molar-refractivity contribution in [3.05, 3.63) is 83.6 Å². The summed E-state index contributed by atoms with van der Waals surface area (Å²) in [6.07, 6.45) is 4.74. The number of hydrogen-bond donors (Lipinski definition) is 1. The Balaban J connectivity index is 1.99. The summed E-state index contributed by atoms with van der Waals surface area (Å²) in [7, 11) is -0.600. The van der Waals surface area contributed by atoms with Crippen LogP contribution in [0.5, 0.6) is 5.75 Å². The van der Waals surface area contributed by atoms with Gasteiger partial charge in [0, 0.05) is 24.4 Å². The number of nitrogens with zero attached hydrogens (tertiary/aromatic N) is 1. The molecule has 198 valence electrons. The second-order valence-electron chi connectivity index (χ2n) is 10.4. The van der Waals surface area contributed by atoms with Crippen molar-refractivity contribution in [3.63, 3.8) is 0 Å². The number of carbonyl (C=O) groups is 1. The van der Waals surface area contributed by atoms with Crippen molar-refractivity contribution in [3.8, 4) is 5.75 Å². The van der Waals surface area contributed by atoms with Crippen LogP contribution in [0.1, 0.15) is 70.0 Å². The number of aliphatic hydroxyl groups excluding tert-OH is 1. The summed E-state index contributed by atoms with van der Waals surface area (Å²) in [6.45, 7) is 16.5. The number of esters is 1. The van der Waals surface area contributed by atoms with Crippen molar-refractivity contribution in [1.29, 1.82) is 0 Å². The number of carbonyl (C=O) groups excluding carboxylic acids is 1. The summed E-state index contributed by atoms with van der Waals surface area (Å²) in [5.41, 5.74) is 1.79. The summed E-state index contributed by atoms with van der Waals surface area (Å²) >= 11 is 0. The molecule has 1 aliphatic heterocycles. The lowest BCUT2D eigenvalue weighted by Gasteiger charge is -2.32. The molecule has 0 bridgehead atoms. The van der Waals surface area contributed by atoms with Crippen LogP contribution in [0, 0.1) is 5.92 Å². The van der Waals surface area contributed by atoms with Gasteiger partial charge in [0.05, 0.1) is 23.4 Å². The molecule has 1 atom stereocenters. The van der Waals surface area contributed by atoms with Gasteiger partial charge in [0.1, 0.15) is 18.5 Å². The molecular formula is C29H38BNO6. The standard InChI is InChI=1S/C29H38BNO6/c1-20(2)21(3)24(30-36-28(4,5)29(6,7)37-30)12-13-26(35-27(33)22-14-16-31-17-15-22)23-10-8-9-11-25(23)34-19-18-32/h8-12,14-17,20,26,32H,3,13,18-19H2,1-2,4-7H3/b24-12-/t26-/m1/s1. The van der Waals surface area contributed by atoms with E-state index in [0.29, 0.717) is 23.3 Å². The molecule has 1 N–H and O–H groups in total. The normalized spacial score (nSPS) is 17.5. The van der Waals surface area contributed by atoms with Gasteiger partial charge < -0.3 is 23.9 Å². The smallest absolute Gasteiger partial charge is 0.491 e. The lowest BCUT2D eigenvalue weighted by atomic mass is 9.70. The molecule has 1 fully saturated rings. The third-order valence-corrected chi connectivity index (χ3v) is 6.91. The molecule has 0 saturated carbocycles. The first kappa shape index (κ1) is 28.6. The number of benzene rings is 1. The van der Waals surface area contributed by atoms with E-state index in [-0.39, 0.29) is 19.1 Å². The van der Waals surface area contributed by atoms with Gasteiger partial charge in [-0.1, -0.05) is 50.3 Å². The number of para-hydroxylation sites is 1. The number of hydrogen-bond acceptors (Lipinski definition) is 7. The third-order valence-electron chi connectivity index (χ3n) is 6.91. The first-order valence-corrected chi connectivity index (χ1v) is 12.6. The highest BCUT2D eigenvalue weighted by Crippen LogP contribution is 2.41. The molecule has 2 aromatic rings. The van der Waals surface area contributed by atoms with Crippen LogP contribution in [-0.2, 0) is 14.0 Å². The molecule has 7 nitrogen and oxygen atoms in total. The zero-order chi connectivity index (χ0) is 27.2.